The van der Waals surface area contributed by atoms with Crippen molar-refractivity contribution in [1.29, 1.82) is 0 Å². The lowest BCUT2D eigenvalue weighted by molar-refractivity contribution is -0.282. The second-order valence-corrected chi connectivity index (χ2v) is 2.55. The van der Waals surface area contributed by atoms with Gasteiger partial charge in [0.1, 0.15) is 12.3 Å². The van der Waals surface area contributed by atoms with E-state index in [2.05, 4.69) is 14.8 Å². The number of nitrogens with one attached hydrogen (secondary N) is 1. The fraction of sp³-hybridized carbons (Fsp3) is 0.444. The van der Waals surface area contributed by atoms with Gasteiger partial charge in [-0.05, 0) is 19.1 Å². The Labute approximate surface area is 81.9 Å². The fourth-order valence-electron chi connectivity index (χ4n) is 0.975. The highest BCUT2D eigenvalue weighted by atomic mass is 17.2. The number of ether oxygens (including phenoxy) is 1. The summed E-state index contributed by atoms with van der Waals surface area (Å²) in [5.74, 6) is -0.365. The zero-order chi connectivity index (χ0) is 10.4. The lowest BCUT2D eigenvalue weighted by atomic mass is 10.4. The monoisotopic (exact) mass is 199 g/mol. The van der Waals surface area contributed by atoms with Crippen molar-refractivity contribution in [3.05, 3.63) is 23.5 Å². The minimum atomic E-state index is -0.365. The Morgan fingerprint density at radius 3 is 2.93 bits per heavy atom. The third kappa shape index (κ3) is 2.86. The molecule has 0 aliphatic heterocycles. The molecule has 0 amide bonds. The van der Waals surface area contributed by atoms with Gasteiger partial charge in [0, 0.05) is 5.69 Å². The molecule has 0 unspecified atom stereocenters. The first-order valence-electron chi connectivity index (χ1n) is 4.28. The van der Waals surface area contributed by atoms with Gasteiger partial charge in [0.15, 0.2) is 0 Å². The van der Waals surface area contributed by atoms with Gasteiger partial charge >= 0.3 is 5.97 Å². The van der Waals surface area contributed by atoms with Crippen LogP contribution in [0, 0.1) is 0 Å². The van der Waals surface area contributed by atoms with E-state index in [0.29, 0.717) is 12.3 Å². The van der Waals surface area contributed by atoms with E-state index in [1.54, 1.807) is 19.1 Å². The van der Waals surface area contributed by atoms with Crippen molar-refractivity contribution in [2.45, 2.75) is 13.5 Å². The molecule has 1 aromatic heterocycles. The van der Waals surface area contributed by atoms with E-state index in [-0.39, 0.29) is 12.6 Å². The summed E-state index contributed by atoms with van der Waals surface area (Å²) in [5.41, 5.74) is 1.18. The molecule has 0 atom stereocenters. The van der Waals surface area contributed by atoms with Gasteiger partial charge in [-0.1, -0.05) is 0 Å². The Kier molecular flexibility index (Phi) is 4.15. The van der Waals surface area contributed by atoms with E-state index in [4.69, 9.17) is 4.74 Å². The molecule has 0 fully saturated rings. The van der Waals surface area contributed by atoms with Crippen LogP contribution in [0.1, 0.15) is 23.1 Å². The molecule has 5 nitrogen and oxygen atoms in total. The largest absolute Gasteiger partial charge is 0.461 e. The van der Waals surface area contributed by atoms with Crippen LogP contribution in [0.15, 0.2) is 12.1 Å². The van der Waals surface area contributed by atoms with Crippen molar-refractivity contribution < 1.29 is 19.3 Å². The predicted octanol–water partition coefficient (Wildman–Crippen LogP) is 1.27. The van der Waals surface area contributed by atoms with E-state index in [9.17, 15) is 4.79 Å². The highest BCUT2D eigenvalue weighted by molar-refractivity contribution is 5.87. The fourth-order valence-corrected chi connectivity index (χ4v) is 0.975. The summed E-state index contributed by atoms with van der Waals surface area (Å²) in [7, 11) is 1.43. The minimum absolute atomic E-state index is 0.274. The van der Waals surface area contributed by atoms with Crippen molar-refractivity contribution in [3.63, 3.8) is 0 Å². The Bertz CT molecular complexity index is 295. The quantitative estimate of drug-likeness (QED) is 0.440. The number of aromatic amines is 1. The molecule has 0 spiro atoms. The number of carbonyl (C=O) groups excluding carboxylic acids is 1. The lowest BCUT2D eigenvalue weighted by Crippen LogP contribution is -2.05. The average molecular weight is 199 g/mol. The zero-order valence-electron chi connectivity index (χ0n) is 8.20. The molecule has 1 N–H and O–H groups in total. The number of rotatable bonds is 5. The van der Waals surface area contributed by atoms with Gasteiger partial charge in [-0.3, -0.25) is 0 Å². The second kappa shape index (κ2) is 5.41. The van der Waals surface area contributed by atoms with Crippen LogP contribution in [0.4, 0.5) is 0 Å². The topological polar surface area (TPSA) is 60.6 Å². The van der Waals surface area contributed by atoms with Crippen LogP contribution in [-0.4, -0.2) is 24.7 Å². The van der Waals surface area contributed by atoms with Gasteiger partial charge in [-0.2, -0.15) is 0 Å². The predicted molar refractivity (Wildman–Crippen MR) is 48.5 cm³/mol. The molecule has 78 valence electrons. The molecule has 0 radical (unpaired) electrons. The molecule has 14 heavy (non-hydrogen) atoms. The van der Waals surface area contributed by atoms with Crippen molar-refractivity contribution >= 4 is 5.97 Å². The third-order valence-corrected chi connectivity index (χ3v) is 1.57. The first-order chi connectivity index (χ1) is 6.77. The van der Waals surface area contributed by atoms with Crippen LogP contribution in [-0.2, 0) is 21.1 Å². The lowest BCUT2D eigenvalue weighted by Gasteiger charge is -1.98. The summed E-state index contributed by atoms with van der Waals surface area (Å²) >= 11 is 0. The number of carbonyl (C=O) groups is 1. The van der Waals surface area contributed by atoms with Gasteiger partial charge in [-0.15, -0.1) is 0 Å². The van der Waals surface area contributed by atoms with E-state index in [1.165, 1.54) is 7.11 Å². The maximum Gasteiger partial charge on any atom is 0.354 e. The molecule has 1 rings (SSSR count). The smallest absolute Gasteiger partial charge is 0.354 e. The molecule has 0 saturated carbocycles. The maximum absolute atomic E-state index is 11.2. The highest BCUT2D eigenvalue weighted by Gasteiger charge is 2.08. The van der Waals surface area contributed by atoms with Crippen LogP contribution in [0.3, 0.4) is 0 Å². The standard InChI is InChI=1S/C9H13NO4/c1-3-13-9(11)8-5-4-7(10-8)6-14-12-2/h4-5,10H,3,6H2,1-2H3. The summed E-state index contributed by atoms with van der Waals surface area (Å²) in [6.07, 6.45) is 0. The molecule has 0 aliphatic carbocycles. The Hall–Kier alpha value is -1.33. The first-order valence-corrected chi connectivity index (χ1v) is 4.28. The summed E-state index contributed by atoms with van der Waals surface area (Å²) in [6, 6.07) is 3.39. The number of H-pyrrole nitrogens is 1. The summed E-state index contributed by atoms with van der Waals surface area (Å²) in [5, 5.41) is 0. The summed E-state index contributed by atoms with van der Waals surface area (Å²) in [6.45, 7) is 2.40. The van der Waals surface area contributed by atoms with Crippen LogP contribution >= 0.6 is 0 Å². The van der Waals surface area contributed by atoms with Gasteiger partial charge in [-0.25, -0.2) is 14.6 Å². The SMILES string of the molecule is CCOC(=O)c1ccc(COOC)[nH]1. The van der Waals surface area contributed by atoms with Crippen molar-refractivity contribution in [2.24, 2.45) is 0 Å². The number of aromatic nitrogens is 1. The molecule has 0 aromatic carbocycles. The average Bonchev–Trinajstić information content (AvgIpc) is 2.63. The maximum atomic E-state index is 11.2. The second-order valence-electron chi connectivity index (χ2n) is 2.55. The molecule has 0 aliphatic rings. The van der Waals surface area contributed by atoms with E-state index >= 15 is 0 Å². The Morgan fingerprint density at radius 2 is 2.29 bits per heavy atom. The van der Waals surface area contributed by atoms with E-state index < -0.39 is 0 Å². The van der Waals surface area contributed by atoms with Crippen molar-refractivity contribution in [1.82, 2.24) is 4.98 Å². The van der Waals surface area contributed by atoms with Gasteiger partial charge in [0.25, 0.3) is 0 Å². The van der Waals surface area contributed by atoms with E-state index in [0.717, 1.165) is 5.69 Å². The molecular weight excluding hydrogens is 186 g/mol. The Balaban J connectivity index is 2.54. The van der Waals surface area contributed by atoms with Gasteiger partial charge in [0.05, 0.1) is 13.7 Å². The first kappa shape index (κ1) is 10.7. The minimum Gasteiger partial charge on any atom is -0.461 e. The number of hydrogen-bond acceptors (Lipinski definition) is 4. The van der Waals surface area contributed by atoms with Crippen LogP contribution in [0.25, 0.3) is 0 Å². The normalized spacial score (nSPS) is 10.1. The highest BCUT2D eigenvalue weighted by Crippen LogP contribution is 2.04. The van der Waals surface area contributed by atoms with Crippen molar-refractivity contribution in [2.75, 3.05) is 13.7 Å². The number of esters is 1. The zero-order valence-corrected chi connectivity index (χ0v) is 8.20. The molecule has 0 bridgehead atoms. The third-order valence-electron chi connectivity index (χ3n) is 1.57. The van der Waals surface area contributed by atoms with Crippen LogP contribution in [0.2, 0.25) is 0 Å². The van der Waals surface area contributed by atoms with Crippen LogP contribution in [0.5, 0.6) is 0 Å². The summed E-state index contributed by atoms with van der Waals surface area (Å²) in [4.78, 5) is 23.2. The van der Waals surface area contributed by atoms with Crippen LogP contribution < -0.4 is 0 Å². The number of hydrogen-bond donors (Lipinski definition) is 1. The molecule has 1 aromatic rings. The molecule has 0 saturated heterocycles. The van der Waals surface area contributed by atoms with E-state index in [1.807, 2.05) is 0 Å². The van der Waals surface area contributed by atoms with Gasteiger partial charge < -0.3 is 9.72 Å². The molecule has 1 heterocycles. The van der Waals surface area contributed by atoms with Crippen molar-refractivity contribution in [3.8, 4) is 0 Å². The molecular formula is C9H13NO4. The molecule has 5 heteroatoms. The van der Waals surface area contributed by atoms with Gasteiger partial charge in [0.2, 0.25) is 0 Å². The Morgan fingerprint density at radius 1 is 1.50 bits per heavy atom. The summed E-state index contributed by atoms with van der Waals surface area (Å²) < 4.78 is 4.80.